The number of aromatic nitrogens is 1. The van der Waals surface area contributed by atoms with Crippen molar-refractivity contribution in [3.8, 4) is 0 Å². The third kappa shape index (κ3) is 6.47. The van der Waals surface area contributed by atoms with Crippen molar-refractivity contribution in [3.63, 3.8) is 0 Å². The summed E-state index contributed by atoms with van der Waals surface area (Å²) in [5, 5.41) is 6.71. The predicted octanol–water partition coefficient (Wildman–Crippen LogP) is 4.38. The van der Waals surface area contributed by atoms with Crippen LogP contribution in [0.25, 0.3) is 10.4 Å². The Morgan fingerprint density at radius 1 is 1.25 bits per heavy atom. The van der Waals surface area contributed by atoms with Crippen LogP contribution < -0.4 is 10.6 Å². The molecule has 3 aliphatic rings. The molecule has 0 radical (unpaired) electrons. The number of rotatable bonds is 8. The molecule has 192 valence electrons. The van der Waals surface area contributed by atoms with E-state index in [4.69, 9.17) is 16.3 Å². The number of anilines is 1. The van der Waals surface area contributed by atoms with Gasteiger partial charge in [-0.2, -0.15) is 0 Å². The van der Waals surface area contributed by atoms with E-state index in [0.717, 1.165) is 70.0 Å². The molecule has 0 unspecified atom stereocenters. The fourth-order valence-corrected chi connectivity index (χ4v) is 4.71. The number of allylic oxidation sites excluding steroid dienone is 3. The van der Waals surface area contributed by atoms with Gasteiger partial charge in [0, 0.05) is 32.6 Å². The zero-order valence-electron chi connectivity index (χ0n) is 22.0. The molecule has 3 heterocycles. The molecular weight excluding hydrogens is 452 g/mol. The molecular formula is C28H38N6O2. The fourth-order valence-electron chi connectivity index (χ4n) is 4.71. The largest absolute Gasteiger partial charge is 0.379 e. The van der Waals surface area contributed by atoms with Crippen molar-refractivity contribution in [1.82, 2.24) is 15.2 Å². The minimum absolute atomic E-state index is 0.269. The third-order valence-corrected chi connectivity index (χ3v) is 7.26. The molecule has 0 saturated carbocycles. The maximum atomic E-state index is 12.9. The Morgan fingerprint density at radius 2 is 2.03 bits per heavy atom. The third-order valence-electron chi connectivity index (χ3n) is 7.26. The Hall–Kier alpha value is -2.86. The van der Waals surface area contributed by atoms with Crippen LogP contribution >= 0.6 is 0 Å². The molecule has 4 rings (SSSR count). The van der Waals surface area contributed by atoms with Crippen molar-refractivity contribution in [1.29, 1.82) is 0 Å². The Morgan fingerprint density at radius 3 is 2.69 bits per heavy atom. The quantitative estimate of drug-likeness (QED) is 0.529. The van der Waals surface area contributed by atoms with Gasteiger partial charge in [0.1, 0.15) is 0 Å². The maximum Gasteiger partial charge on any atom is 0.294 e. The van der Waals surface area contributed by atoms with Crippen molar-refractivity contribution < 1.29 is 9.53 Å². The van der Waals surface area contributed by atoms with E-state index >= 15 is 0 Å². The van der Waals surface area contributed by atoms with Gasteiger partial charge in [-0.05, 0) is 56.2 Å². The summed E-state index contributed by atoms with van der Waals surface area (Å²) in [6.45, 7) is 21.4. The highest BCUT2D eigenvalue weighted by Gasteiger charge is 2.28. The van der Waals surface area contributed by atoms with Gasteiger partial charge >= 0.3 is 0 Å². The SMILES string of the molecule is [C-]#[N+]C1=CCC(C(=O)Nc2ccc(C(C)(C)NCCN3CCOCC3)nc2C2=CCC(C)(C)CC2)=N1. The first-order valence-corrected chi connectivity index (χ1v) is 12.9. The molecule has 8 nitrogen and oxygen atoms in total. The van der Waals surface area contributed by atoms with Crippen LogP contribution in [0, 0.1) is 12.0 Å². The summed E-state index contributed by atoms with van der Waals surface area (Å²) < 4.78 is 5.45. The molecule has 1 aliphatic carbocycles. The highest BCUT2D eigenvalue weighted by molar-refractivity contribution is 6.44. The van der Waals surface area contributed by atoms with Crippen molar-refractivity contribution in [2.45, 2.75) is 58.9 Å². The average Bonchev–Trinajstić information content (AvgIpc) is 3.35. The normalized spacial score (nSPS) is 20.2. The molecule has 2 N–H and O–H groups in total. The Balaban J connectivity index is 1.54. The summed E-state index contributed by atoms with van der Waals surface area (Å²) in [6, 6.07) is 3.95. The molecule has 1 saturated heterocycles. The summed E-state index contributed by atoms with van der Waals surface area (Å²) in [5.74, 6) is -0.00342. The Bertz CT molecular complexity index is 1120. The van der Waals surface area contributed by atoms with E-state index in [1.54, 1.807) is 6.08 Å². The van der Waals surface area contributed by atoms with Gasteiger partial charge in [0.25, 0.3) is 11.7 Å². The van der Waals surface area contributed by atoms with Gasteiger partial charge in [-0.3, -0.25) is 9.69 Å². The van der Waals surface area contributed by atoms with Gasteiger partial charge in [0.05, 0.1) is 35.8 Å². The number of morpholine rings is 1. The number of nitrogens with zero attached hydrogens (tertiary/aromatic N) is 4. The van der Waals surface area contributed by atoms with E-state index < -0.39 is 0 Å². The summed E-state index contributed by atoms with van der Waals surface area (Å²) in [6.07, 6.45) is 7.30. The molecule has 0 spiro atoms. The van der Waals surface area contributed by atoms with Gasteiger partial charge in [-0.1, -0.05) is 32.6 Å². The van der Waals surface area contributed by atoms with Crippen LogP contribution in [0.4, 0.5) is 5.69 Å². The van der Waals surface area contributed by atoms with Gasteiger partial charge in [-0.15, -0.1) is 4.99 Å². The first kappa shape index (κ1) is 26.2. The minimum atomic E-state index is -0.331. The summed E-state index contributed by atoms with van der Waals surface area (Å²) >= 11 is 0. The van der Waals surface area contributed by atoms with Crippen LogP contribution in [0.15, 0.2) is 35.1 Å². The second-order valence-corrected chi connectivity index (χ2v) is 11.1. The van der Waals surface area contributed by atoms with E-state index in [1.165, 1.54) is 5.57 Å². The highest BCUT2D eigenvalue weighted by Crippen LogP contribution is 2.39. The van der Waals surface area contributed by atoms with E-state index in [-0.39, 0.29) is 22.7 Å². The number of ether oxygens (including phenoxy) is 1. The molecule has 2 aliphatic heterocycles. The van der Waals surface area contributed by atoms with Crippen molar-refractivity contribution in [2.75, 3.05) is 44.7 Å². The van der Waals surface area contributed by atoms with Gasteiger partial charge in [-0.25, -0.2) is 4.98 Å². The van der Waals surface area contributed by atoms with Crippen molar-refractivity contribution in [3.05, 3.63) is 52.9 Å². The summed E-state index contributed by atoms with van der Waals surface area (Å²) in [7, 11) is 0. The molecule has 1 aromatic rings. The number of carbonyl (C=O) groups excluding carboxylic acids is 1. The number of hydrogen-bond donors (Lipinski definition) is 2. The van der Waals surface area contributed by atoms with Crippen LogP contribution in [0.3, 0.4) is 0 Å². The van der Waals surface area contributed by atoms with Crippen LogP contribution in [0.2, 0.25) is 0 Å². The maximum absolute atomic E-state index is 12.9. The molecule has 1 amide bonds. The van der Waals surface area contributed by atoms with Crippen LogP contribution in [0.5, 0.6) is 0 Å². The van der Waals surface area contributed by atoms with Gasteiger partial charge < -0.3 is 20.2 Å². The predicted molar refractivity (Wildman–Crippen MR) is 144 cm³/mol. The second-order valence-electron chi connectivity index (χ2n) is 11.1. The molecule has 0 bridgehead atoms. The molecule has 8 heteroatoms. The monoisotopic (exact) mass is 490 g/mol. The lowest BCUT2D eigenvalue weighted by Gasteiger charge is -2.32. The summed E-state index contributed by atoms with van der Waals surface area (Å²) in [4.78, 5) is 27.9. The van der Waals surface area contributed by atoms with Crippen molar-refractivity contribution in [2.24, 2.45) is 10.4 Å². The molecule has 36 heavy (non-hydrogen) atoms. The number of hydrogen-bond acceptors (Lipinski definition) is 6. The number of carbonyl (C=O) groups is 1. The van der Waals surface area contributed by atoms with E-state index in [1.807, 2.05) is 12.1 Å². The van der Waals surface area contributed by atoms with Crippen molar-refractivity contribution >= 4 is 22.9 Å². The molecule has 1 aromatic heterocycles. The zero-order valence-corrected chi connectivity index (χ0v) is 22.0. The number of pyridine rings is 1. The fraction of sp³-hybridized carbons (Fsp3) is 0.571. The lowest BCUT2D eigenvalue weighted by molar-refractivity contribution is -0.110. The Kier molecular flexibility index (Phi) is 8.04. The first-order valence-electron chi connectivity index (χ1n) is 12.9. The summed E-state index contributed by atoms with van der Waals surface area (Å²) in [5.41, 5.74) is 3.93. The highest BCUT2D eigenvalue weighted by atomic mass is 16.5. The lowest BCUT2D eigenvalue weighted by atomic mass is 9.77. The van der Waals surface area contributed by atoms with E-state index in [2.05, 4.69) is 59.1 Å². The van der Waals surface area contributed by atoms with Crippen LogP contribution in [-0.4, -0.2) is 60.9 Å². The number of nitrogens with one attached hydrogen (secondary N) is 2. The molecule has 0 atom stereocenters. The zero-order chi connectivity index (χ0) is 25.8. The van der Waals surface area contributed by atoms with Crippen LogP contribution in [-0.2, 0) is 15.1 Å². The topological polar surface area (TPSA) is 83.2 Å². The first-order chi connectivity index (χ1) is 17.2. The molecule has 1 fully saturated rings. The standard InChI is InChI=1S/C28H38N6O2/c1-27(2)12-10-20(11-13-27)25-21(32-26(35)22-7-9-24(29-5)31-22)6-8-23(33-25)28(3,4)30-14-15-34-16-18-36-19-17-34/h6,8-10,30H,7,11-19H2,1-4H3,(H,32,35). The second kappa shape index (κ2) is 11.0. The van der Waals surface area contributed by atoms with Gasteiger partial charge in [0.15, 0.2) is 5.71 Å². The van der Waals surface area contributed by atoms with Crippen LogP contribution in [0.1, 0.15) is 64.8 Å². The number of aliphatic imine (C=N–C) groups is 1. The minimum Gasteiger partial charge on any atom is -0.379 e. The van der Waals surface area contributed by atoms with E-state index in [0.29, 0.717) is 17.8 Å². The number of amides is 1. The van der Waals surface area contributed by atoms with E-state index in [9.17, 15) is 4.79 Å². The molecule has 0 aromatic carbocycles. The lowest BCUT2D eigenvalue weighted by Crippen LogP contribution is -2.45. The Labute approximate surface area is 214 Å². The van der Waals surface area contributed by atoms with Gasteiger partial charge in [0.2, 0.25) is 0 Å². The average molecular weight is 491 g/mol. The smallest absolute Gasteiger partial charge is 0.294 e.